The average Bonchev–Trinajstić information content (AvgIpc) is 2.81. The number of hydrogen-bond acceptors (Lipinski definition) is 3. The lowest BCUT2D eigenvalue weighted by molar-refractivity contribution is -0.143. The van der Waals surface area contributed by atoms with Crippen LogP contribution in [0.25, 0.3) is 0 Å². The van der Waals surface area contributed by atoms with Crippen LogP contribution in [0.4, 0.5) is 4.79 Å². The summed E-state index contributed by atoms with van der Waals surface area (Å²) >= 11 is 4.91. The van der Waals surface area contributed by atoms with Crippen LogP contribution in [-0.4, -0.2) is 34.6 Å². The van der Waals surface area contributed by atoms with Crippen LogP contribution >= 0.6 is 27.3 Å². The third-order valence-electron chi connectivity index (χ3n) is 3.45. The van der Waals surface area contributed by atoms with Crippen LogP contribution < -0.4 is 5.32 Å². The Balaban J connectivity index is 1.94. The number of carbonyl (C=O) groups excluding carboxylic acids is 1. The molecule has 1 aliphatic rings. The third kappa shape index (κ3) is 3.73. The quantitative estimate of drug-likeness (QED) is 0.870. The van der Waals surface area contributed by atoms with Crippen molar-refractivity contribution in [3.05, 3.63) is 20.8 Å². The summed E-state index contributed by atoms with van der Waals surface area (Å²) in [7, 11) is 0. The van der Waals surface area contributed by atoms with E-state index in [0.717, 1.165) is 15.8 Å². The second-order valence-corrected chi connectivity index (χ2v) is 6.98. The van der Waals surface area contributed by atoms with Gasteiger partial charge in [0.25, 0.3) is 0 Å². The van der Waals surface area contributed by atoms with Crippen molar-refractivity contribution in [2.45, 2.75) is 32.4 Å². The van der Waals surface area contributed by atoms with Gasteiger partial charge >= 0.3 is 12.0 Å². The highest BCUT2D eigenvalue weighted by molar-refractivity contribution is 9.10. The standard InChI is InChI=1S/C13H17BrN2O3S/c1-8-2-3-16(11(4-8)12(17)18)13(19)15-6-10-5-9(14)7-20-10/h5,7-8,11H,2-4,6H2,1H3,(H,15,19)(H,17,18). The lowest BCUT2D eigenvalue weighted by Gasteiger charge is -2.35. The van der Waals surface area contributed by atoms with Gasteiger partial charge in [0.05, 0.1) is 6.54 Å². The van der Waals surface area contributed by atoms with Gasteiger partial charge < -0.3 is 15.3 Å². The van der Waals surface area contributed by atoms with E-state index >= 15 is 0 Å². The highest BCUT2D eigenvalue weighted by Crippen LogP contribution is 2.23. The fraction of sp³-hybridized carbons (Fsp3) is 0.538. The van der Waals surface area contributed by atoms with Crippen molar-refractivity contribution >= 4 is 39.3 Å². The second-order valence-electron chi connectivity index (χ2n) is 5.07. The van der Waals surface area contributed by atoms with E-state index in [1.807, 2.05) is 18.4 Å². The minimum Gasteiger partial charge on any atom is -0.480 e. The van der Waals surface area contributed by atoms with Gasteiger partial charge in [0.15, 0.2) is 0 Å². The Morgan fingerprint density at radius 3 is 2.95 bits per heavy atom. The van der Waals surface area contributed by atoms with Gasteiger partial charge in [-0.15, -0.1) is 11.3 Å². The van der Waals surface area contributed by atoms with Crippen molar-refractivity contribution in [1.29, 1.82) is 0 Å². The van der Waals surface area contributed by atoms with Crippen LogP contribution in [0, 0.1) is 5.92 Å². The molecule has 1 aromatic heterocycles. The van der Waals surface area contributed by atoms with Crippen LogP contribution in [0.3, 0.4) is 0 Å². The minimum absolute atomic E-state index is 0.297. The summed E-state index contributed by atoms with van der Waals surface area (Å²) in [4.78, 5) is 25.9. The molecule has 1 saturated heterocycles. The lowest BCUT2D eigenvalue weighted by Crippen LogP contribution is -2.53. The Labute approximate surface area is 130 Å². The van der Waals surface area contributed by atoms with E-state index in [0.29, 0.717) is 25.4 Å². The van der Waals surface area contributed by atoms with Crippen molar-refractivity contribution < 1.29 is 14.7 Å². The molecule has 2 amide bonds. The van der Waals surface area contributed by atoms with E-state index in [4.69, 9.17) is 0 Å². The average molecular weight is 361 g/mol. The molecule has 2 unspecified atom stereocenters. The molecule has 0 aliphatic carbocycles. The number of amides is 2. The van der Waals surface area contributed by atoms with Gasteiger partial charge in [0.1, 0.15) is 6.04 Å². The van der Waals surface area contributed by atoms with Crippen LogP contribution in [0.1, 0.15) is 24.6 Å². The molecule has 20 heavy (non-hydrogen) atoms. The molecule has 1 aliphatic heterocycles. The smallest absolute Gasteiger partial charge is 0.326 e. The molecular weight excluding hydrogens is 344 g/mol. The summed E-state index contributed by atoms with van der Waals surface area (Å²) in [5.41, 5.74) is 0. The first kappa shape index (κ1) is 15.3. The molecule has 1 fully saturated rings. The van der Waals surface area contributed by atoms with Crippen LogP contribution in [0.5, 0.6) is 0 Å². The molecule has 0 bridgehead atoms. The van der Waals surface area contributed by atoms with Gasteiger partial charge in [0, 0.05) is 21.3 Å². The molecule has 0 radical (unpaired) electrons. The zero-order valence-corrected chi connectivity index (χ0v) is 13.5. The molecule has 5 nitrogen and oxygen atoms in total. The van der Waals surface area contributed by atoms with Crippen LogP contribution in [0.2, 0.25) is 0 Å². The summed E-state index contributed by atoms with van der Waals surface area (Å²) in [6.07, 6.45) is 1.37. The van der Waals surface area contributed by atoms with Gasteiger partial charge in [-0.1, -0.05) is 6.92 Å². The van der Waals surface area contributed by atoms with Gasteiger partial charge in [-0.3, -0.25) is 0 Å². The van der Waals surface area contributed by atoms with E-state index in [9.17, 15) is 14.7 Å². The zero-order chi connectivity index (χ0) is 14.7. The number of rotatable bonds is 3. The van der Waals surface area contributed by atoms with Gasteiger partial charge in [-0.25, -0.2) is 9.59 Å². The maximum absolute atomic E-state index is 12.1. The third-order valence-corrected chi connectivity index (χ3v) is 5.14. The minimum atomic E-state index is -0.925. The Hall–Kier alpha value is -1.08. The molecule has 110 valence electrons. The highest BCUT2D eigenvalue weighted by Gasteiger charge is 2.34. The molecule has 2 atom stereocenters. The molecular formula is C13H17BrN2O3S. The summed E-state index contributed by atoms with van der Waals surface area (Å²) in [6, 6.07) is 0.931. The Morgan fingerprint density at radius 1 is 1.60 bits per heavy atom. The van der Waals surface area contributed by atoms with E-state index in [1.54, 1.807) is 11.3 Å². The number of nitrogens with zero attached hydrogens (tertiary/aromatic N) is 1. The van der Waals surface area contributed by atoms with Crippen molar-refractivity contribution in [3.63, 3.8) is 0 Å². The monoisotopic (exact) mass is 360 g/mol. The molecule has 2 rings (SSSR count). The number of urea groups is 1. The Kier molecular flexibility index (Phi) is 5.04. The van der Waals surface area contributed by atoms with Crippen molar-refractivity contribution in [1.82, 2.24) is 10.2 Å². The number of aliphatic carboxylic acids is 1. The number of hydrogen-bond donors (Lipinski definition) is 2. The van der Waals surface area contributed by atoms with Gasteiger partial charge in [0.2, 0.25) is 0 Å². The molecule has 0 spiro atoms. The van der Waals surface area contributed by atoms with E-state index in [2.05, 4.69) is 21.2 Å². The predicted octanol–water partition coefficient (Wildman–Crippen LogP) is 2.91. The SMILES string of the molecule is CC1CCN(C(=O)NCc2cc(Br)cs2)C(C(=O)O)C1. The second kappa shape index (κ2) is 6.58. The molecule has 7 heteroatoms. The predicted molar refractivity (Wildman–Crippen MR) is 80.8 cm³/mol. The number of piperidine rings is 1. The molecule has 2 N–H and O–H groups in total. The topological polar surface area (TPSA) is 69.6 Å². The summed E-state index contributed by atoms with van der Waals surface area (Å²) in [5, 5.41) is 14.0. The fourth-order valence-corrected chi connectivity index (χ4v) is 3.72. The van der Waals surface area contributed by atoms with Crippen molar-refractivity contribution in [2.75, 3.05) is 6.54 Å². The first-order chi connectivity index (χ1) is 9.47. The fourth-order valence-electron chi connectivity index (χ4n) is 2.33. The molecule has 0 aromatic carbocycles. The Morgan fingerprint density at radius 2 is 2.35 bits per heavy atom. The maximum Gasteiger partial charge on any atom is 0.326 e. The Bertz CT molecular complexity index is 506. The number of carbonyl (C=O) groups is 2. The van der Waals surface area contributed by atoms with Gasteiger partial charge in [-0.2, -0.15) is 0 Å². The summed E-state index contributed by atoms with van der Waals surface area (Å²) < 4.78 is 0.988. The molecule has 0 saturated carbocycles. The molecule has 2 heterocycles. The number of carboxylic acids is 1. The maximum atomic E-state index is 12.1. The number of halogens is 1. The first-order valence-electron chi connectivity index (χ1n) is 6.47. The van der Waals surface area contributed by atoms with E-state index in [-0.39, 0.29) is 6.03 Å². The van der Waals surface area contributed by atoms with E-state index in [1.165, 1.54) is 4.90 Å². The number of thiophene rings is 1. The molecule has 1 aromatic rings. The van der Waals surface area contributed by atoms with Gasteiger partial charge in [-0.05, 0) is 40.8 Å². The number of carboxylic acid groups (broad SMARTS) is 1. The summed E-state index contributed by atoms with van der Waals surface area (Å²) in [6.45, 7) is 2.94. The van der Waals surface area contributed by atoms with Crippen LogP contribution in [0.15, 0.2) is 15.9 Å². The summed E-state index contributed by atoms with van der Waals surface area (Å²) in [5.74, 6) is -0.584. The number of likely N-dealkylation sites (tertiary alicyclic amines) is 1. The normalized spacial score (nSPS) is 22.6. The first-order valence-corrected chi connectivity index (χ1v) is 8.15. The number of nitrogens with one attached hydrogen (secondary N) is 1. The zero-order valence-electron chi connectivity index (χ0n) is 11.1. The van der Waals surface area contributed by atoms with Crippen molar-refractivity contribution in [3.8, 4) is 0 Å². The van der Waals surface area contributed by atoms with Crippen LogP contribution in [-0.2, 0) is 11.3 Å². The lowest BCUT2D eigenvalue weighted by atomic mass is 9.93. The highest BCUT2D eigenvalue weighted by atomic mass is 79.9. The largest absolute Gasteiger partial charge is 0.480 e. The van der Waals surface area contributed by atoms with Crippen molar-refractivity contribution in [2.24, 2.45) is 5.92 Å². The van der Waals surface area contributed by atoms with E-state index < -0.39 is 12.0 Å².